The highest BCUT2D eigenvalue weighted by Crippen LogP contribution is 2.28. The smallest absolute Gasteiger partial charge is 0.274 e. The lowest BCUT2D eigenvalue weighted by atomic mass is 10.1. The molecule has 1 amide bonds. The van der Waals surface area contributed by atoms with Crippen LogP contribution >= 0.6 is 0 Å². The van der Waals surface area contributed by atoms with Crippen molar-refractivity contribution in [1.82, 2.24) is 35.4 Å². The van der Waals surface area contributed by atoms with Crippen LogP contribution in [0.5, 0.6) is 0 Å². The van der Waals surface area contributed by atoms with E-state index >= 15 is 0 Å². The second kappa shape index (κ2) is 6.75. The zero-order valence-electron chi connectivity index (χ0n) is 15.3. The molecule has 10 heteroatoms. The van der Waals surface area contributed by atoms with E-state index in [-0.39, 0.29) is 12.5 Å². The van der Waals surface area contributed by atoms with Gasteiger partial charge in [-0.3, -0.25) is 9.48 Å². The molecule has 0 atom stereocenters. The van der Waals surface area contributed by atoms with E-state index in [2.05, 4.69) is 30.7 Å². The van der Waals surface area contributed by atoms with Crippen molar-refractivity contribution >= 4 is 16.8 Å². The normalized spacial score (nSPS) is 11.2. The largest absolute Gasteiger partial charge is 0.360 e. The minimum Gasteiger partial charge on any atom is -0.360 e. The molecule has 0 spiro atoms. The molecule has 5 rings (SSSR count). The van der Waals surface area contributed by atoms with E-state index in [1.165, 1.54) is 12.5 Å². The summed E-state index contributed by atoms with van der Waals surface area (Å²) >= 11 is 0. The Hall–Kier alpha value is -4.21. The van der Waals surface area contributed by atoms with Crippen molar-refractivity contribution in [2.24, 2.45) is 7.05 Å². The standard InChI is InChI=1S/C19H15N7O3/c1-26-17(8-15(25-26)18(27)20-9-13-4-5-22-28-13)11-2-3-14-12(6-11)7-16(24-14)19-21-10-23-29-19/h2-8,10,24H,9H2,1H3,(H,20,27). The number of fused-ring (bicyclic) bond motifs is 1. The molecule has 0 aliphatic heterocycles. The summed E-state index contributed by atoms with van der Waals surface area (Å²) < 4.78 is 11.8. The molecule has 2 N–H and O–H groups in total. The molecule has 5 aromatic rings. The third-order valence-electron chi connectivity index (χ3n) is 4.54. The number of nitrogens with zero attached hydrogens (tertiary/aromatic N) is 5. The maximum atomic E-state index is 12.4. The van der Waals surface area contributed by atoms with Gasteiger partial charge in [-0.25, -0.2) is 0 Å². The zero-order chi connectivity index (χ0) is 19.8. The molecular formula is C19H15N7O3. The molecule has 4 heterocycles. The molecule has 1 aromatic carbocycles. The third kappa shape index (κ3) is 3.16. The van der Waals surface area contributed by atoms with Crippen LogP contribution in [-0.2, 0) is 13.6 Å². The van der Waals surface area contributed by atoms with Crippen LogP contribution in [0.3, 0.4) is 0 Å². The molecular weight excluding hydrogens is 374 g/mol. The number of benzene rings is 1. The first-order chi connectivity index (χ1) is 14.2. The lowest BCUT2D eigenvalue weighted by Gasteiger charge is -2.01. The molecule has 29 heavy (non-hydrogen) atoms. The maximum Gasteiger partial charge on any atom is 0.274 e. The Labute approximate surface area is 163 Å². The minimum atomic E-state index is -0.287. The summed E-state index contributed by atoms with van der Waals surface area (Å²) in [5.41, 5.74) is 3.75. The van der Waals surface area contributed by atoms with Gasteiger partial charge >= 0.3 is 0 Å². The third-order valence-corrected chi connectivity index (χ3v) is 4.54. The monoisotopic (exact) mass is 389 g/mol. The first-order valence-electron chi connectivity index (χ1n) is 8.79. The molecule has 10 nitrogen and oxygen atoms in total. The zero-order valence-corrected chi connectivity index (χ0v) is 15.3. The Bertz CT molecular complexity index is 1280. The lowest BCUT2D eigenvalue weighted by molar-refractivity contribution is 0.0941. The Balaban J connectivity index is 1.41. The number of hydrogen-bond acceptors (Lipinski definition) is 7. The summed E-state index contributed by atoms with van der Waals surface area (Å²) in [7, 11) is 1.80. The highest BCUT2D eigenvalue weighted by molar-refractivity contribution is 5.94. The van der Waals surface area contributed by atoms with Gasteiger partial charge in [-0.05, 0) is 24.3 Å². The van der Waals surface area contributed by atoms with Crippen LogP contribution in [0, 0.1) is 0 Å². The molecule has 0 saturated heterocycles. The number of amides is 1. The van der Waals surface area contributed by atoms with Crippen LogP contribution in [0.15, 0.2) is 58.0 Å². The molecule has 0 aliphatic rings. The van der Waals surface area contributed by atoms with Gasteiger partial charge in [0.05, 0.1) is 18.4 Å². The van der Waals surface area contributed by atoms with E-state index in [1.807, 2.05) is 24.3 Å². The number of aryl methyl sites for hydroxylation is 1. The number of hydrogen-bond donors (Lipinski definition) is 2. The second-order valence-electron chi connectivity index (χ2n) is 6.43. The number of carbonyl (C=O) groups excluding carboxylic acids is 1. The summed E-state index contributed by atoms with van der Waals surface area (Å²) in [4.78, 5) is 19.7. The first-order valence-corrected chi connectivity index (χ1v) is 8.79. The van der Waals surface area contributed by atoms with E-state index < -0.39 is 0 Å². The van der Waals surface area contributed by atoms with Crippen molar-refractivity contribution in [3.05, 3.63) is 60.4 Å². The van der Waals surface area contributed by atoms with E-state index in [1.54, 1.807) is 23.9 Å². The van der Waals surface area contributed by atoms with Gasteiger partial charge in [0.2, 0.25) is 0 Å². The van der Waals surface area contributed by atoms with Crippen molar-refractivity contribution < 1.29 is 13.8 Å². The van der Waals surface area contributed by atoms with E-state index in [4.69, 9.17) is 9.05 Å². The van der Waals surface area contributed by atoms with Gasteiger partial charge in [-0.15, -0.1) is 0 Å². The van der Waals surface area contributed by atoms with E-state index in [0.29, 0.717) is 17.3 Å². The molecule has 0 aliphatic carbocycles. The van der Waals surface area contributed by atoms with Gasteiger partial charge in [0.25, 0.3) is 11.8 Å². The highest BCUT2D eigenvalue weighted by Gasteiger charge is 2.15. The van der Waals surface area contributed by atoms with E-state index in [9.17, 15) is 4.79 Å². The topological polar surface area (TPSA) is 128 Å². The fourth-order valence-electron chi connectivity index (χ4n) is 3.14. The van der Waals surface area contributed by atoms with Gasteiger partial charge in [-0.2, -0.15) is 10.1 Å². The van der Waals surface area contributed by atoms with Crippen LogP contribution in [0.4, 0.5) is 0 Å². The van der Waals surface area contributed by atoms with Crippen molar-refractivity contribution in [3.8, 4) is 22.8 Å². The average Bonchev–Trinajstić information content (AvgIpc) is 3.52. The van der Waals surface area contributed by atoms with Crippen LogP contribution in [0.2, 0.25) is 0 Å². The van der Waals surface area contributed by atoms with Crippen LogP contribution in [0.25, 0.3) is 33.7 Å². The molecule has 0 bridgehead atoms. The lowest BCUT2D eigenvalue weighted by Crippen LogP contribution is -2.23. The molecule has 144 valence electrons. The highest BCUT2D eigenvalue weighted by atomic mass is 16.5. The fourth-order valence-corrected chi connectivity index (χ4v) is 3.14. The van der Waals surface area contributed by atoms with Crippen molar-refractivity contribution in [3.63, 3.8) is 0 Å². The number of H-pyrrole nitrogens is 1. The summed E-state index contributed by atoms with van der Waals surface area (Å²) in [6.45, 7) is 0.249. The predicted molar refractivity (Wildman–Crippen MR) is 101 cm³/mol. The average molecular weight is 389 g/mol. The molecule has 4 aromatic heterocycles. The maximum absolute atomic E-state index is 12.4. The van der Waals surface area contributed by atoms with Crippen molar-refractivity contribution in [2.45, 2.75) is 6.54 Å². The first kappa shape index (κ1) is 16.9. The Kier molecular flexibility index (Phi) is 3.94. The summed E-state index contributed by atoms with van der Waals surface area (Å²) in [6, 6.07) is 11.3. The van der Waals surface area contributed by atoms with Gasteiger partial charge in [0.15, 0.2) is 17.8 Å². The summed E-state index contributed by atoms with van der Waals surface area (Å²) in [5, 5.41) is 15.3. The number of carbonyl (C=O) groups is 1. The summed E-state index contributed by atoms with van der Waals surface area (Å²) in [5.74, 6) is 0.711. The van der Waals surface area contributed by atoms with Gasteiger partial charge in [-0.1, -0.05) is 16.4 Å². The SMILES string of the molecule is Cn1nc(C(=O)NCc2ccno2)cc1-c1ccc2[nH]c(-c3ncno3)cc2c1. The number of aromatic amines is 1. The minimum absolute atomic E-state index is 0.249. The van der Waals surface area contributed by atoms with Crippen LogP contribution in [0.1, 0.15) is 16.2 Å². The quantitative estimate of drug-likeness (QED) is 0.473. The molecule has 0 fully saturated rings. The summed E-state index contributed by atoms with van der Waals surface area (Å²) in [6.07, 6.45) is 2.89. The predicted octanol–water partition coefficient (Wildman–Crippen LogP) is 2.54. The number of nitrogens with one attached hydrogen (secondary N) is 2. The van der Waals surface area contributed by atoms with Crippen molar-refractivity contribution in [1.29, 1.82) is 0 Å². The van der Waals surface area contributed by atoms with Gasteiger partial charge < -0.3 is 19.3 Å². The Morgan fingerprint density at radius 3 is 2.90 bits per heavy atom. The number of aromatic nitrogens is 6. The Morgan fingerprint density at radius 1 is 1.17 bits per heavy atom. The second-order valence-corrected chi connectivity index (χ2v) is 6.43. The van der Waals surface area contributed by atoms with Crippen molar-refractivity contribution in [2.75, 3.05) is 0 Å². The molecule has 0 unspecified atom stereocenters. The fraction of sp³-hybridized carbons (Fsp3) is 0.105. The van der Waals surface area contributed by atoms with E-state index in [0.717, 1.165) is 27.9 Å². The van der Waals surface area contributed by atoms with Gasteiger partial charge in [0, 0.05) is 29.6 Å². The Morgan fingerprint density at radius 2 is 2.10 bits per heavy atom. The molecule has 0 saturated carbocycles. The van der Waals surface area contributed by atoms with Crippen LogP contribution < -0.4 is 5.32 Å². The van der Waals surface area contributed by atoms with Crippen LogP contribution in [-0.4, -0.2) is 36.0 Å². The molecule has 0 radical (unpaired) electrons. The van der Waals surface area contributed by atoms with Gasteiger partial charge in [0.1, 0.15) is 5.69 Å². The number of rotatable bonds is 5.